The van der Waals surface area contributed by atoms with E-state index in [0.717, 1.165) is 26.9 Å². The van der Waals surface area contributed by atoms with E-state index in [1.165, 1.54) is 6.08 Å². The molecule has 3 aromatic carbocycles. The number of halogens is 1. The number of nitrogens with one attached hydrogen (secondary N) is 1. The minimum Gasteiger partial charge on any atom is -0.477 e. The second kappa shape index (κ2) is 10.5. The van der Waals surface area contributed by atoms with Crippen LogP contribution in [0, 0.1) is 6.92 Å². The van der Waals surface area contributed by atoms with Gasteiger partial charge in [-0.3, -0.25) is 4.79 Å². The maximum Gasteiger partial charge on any atom is 0.352 e. The first-order valence-corrected chi connectivity index (χ1v) is 11.9. The van der Waals surface area contributed by atoms with Crippen LogP contribution < -0.4 is 10.1 Å². The normalized spacial score (nSPS) is 11.2. The number of carboxylic acid groups (broad SMARTS) is 1. The molecule has 170 valence electrons. The molecule has 0 aliphatic carbocycles. The standard InChI is InChI=1S/C26H19BrN2O4S/c1-16-5-4-6-18(13-16)22-15-34-25(29-22)24(30)28-21(26(31)32)14-17-9-11-19(12-10-17)33-23-8-3-2-7-20(23)27/h2-15H,1H3,(H,28,30)(H,31,32). The molecule has 2 N–H and O–H groups in total. The summed E-state index contributed by atoms with van der Waals surface area (Å²) in [5.74, 6) is -0.571. The Morgan fingerprint density at radius 1 is 1.06 bits per heavy atom. The van der Waals surface area contributed by atoms with Crippen LogP contribution in [0.4, 0.5) is 0 Å². The van der Waals surface area contributed by atoms with Gasteiger partial charge in [0.2, 0.25) is 0 Å². The summed E-state index contributed by atoms with van der Waals surface area (Å²) in [5.41, 5.74) is 2.99. The Bertz CT molecular complexity index is 1380. The van der Waals surface area contributed by atoms with E-state index in [2.05, 4.69) is 26.2 Å². The van der Waals surface area contributed by atoms with E-state index in [9.17, 15) is 14.7 Å². The number of carboxylic acids is 1. The number of carbonyl (C=O) groups excluding carboxylic acids is 1. The van der Waals surface area contributed by atoms with Crippen LogP contribution in [0.3, 0.4) is 0 Å². The number of thiazole rings is 1. The molecule has 1 amide bonds. The zero-order valence-corrected chi connectivity index (χ0v) is 20.4. The lowest BCUT2D eigenvalue weighted by molar-refractivity contribution is -0.132. The molecule has 0 saturated heterocycles. The predicted molar refractivity (Wildman–Crippen MR) is 136 cm³/mol. The van der Waals surface area contributed by atoms with E-state index in [4.69, 9.17) is 4.74 Å². The number of para-hydroxylation sites is 1. The molecule has 0 bridgehead atoms. The molecular weight excluding hydrogens is 516 g/mol. The van der Waals surface area contributed by atoms with Gasteiger partial charge in [-0.25, -0.2) is 9.78 Å². The lowest BCUT2D eigenvalue weighted by Gasteiger charge is -2.08. The third kappa shape index (κ3) is 5.78. The molecule has 1 aromatic heterocycles. The van der Waals surface area contributed by atoms with E-state index in [-0.39, 0.29) is 10.7 Å². The maximum atomic E-state index is 12.7. The van der Waals surface area contributed by atoms with Crippen molar-refractivity contribution in [3.63, 3.8) is 0 Å². The molecule has 4 aromatic rings. The summed E-state index contributed by atoms with van der Waals surface area (Å²) in [7, 11) is 0. The summed E-state index contributed by atoms with van der Waals surface area (Å²) in [6.07, 6.45) is 1.39. The van der Waals surface area contributed by atoms with Gasteiger partial charge < -0.3 is 15.2 Å². The highest BCUT2D eigenvalue weighted by atomic mass is 79.9. The minimum absolute atomic E-state index is 0.181. The largest absolute Gasteiger partial charge is 0.477 e. The molecular formula is C26H19BrN2O4S. The van der Waals surface area contributed by atoms with Crippen LogP contribution in [0.5, 0.6) is 11.5 Å². The van der Waals surface area contributed by atoms with E-state index in [1.807, 2.05) is 55.5 Å². The quantitative estimate of drug-likeness (QED) is 0.263. The van der Waals surface area contributed by atoms with Crippen molar-refractivity contribution in [2.45, 2.75) is 6.92 Å². The van der Waals surface area contributed by atoms with Gasteiger partial charge in [0.25, 0.3) is 5.91 Å². The van der Waals surface area contributed by atoms with Crippen LogP contribution in [0.25, 0.3) is 17.3 Å². The average molecular weight is 535 g/mol. The SMILES string of the molecule is Cc1cccc(-c2csc(C(=O)NC(=Cc3ccc(Oc4ccccc4Br)cc3)C(=O)O)n2)c1. The van der Waals surface area contributed by atoms with Crippen LogP contribution in [0.15, 0.2) is 88.3 Å². The lowest BCUT2D eigenvalue weighted by Crippen LogP contribution is -2.27. The number of benzene rings is 3. The molecule has 0 spiro atoms. The fourth-order valence-corrected chi connectivity index (χ4v) is 4.18. The predicted octanol–water partition coefficient (Wildman–Crippen LogP) is 6.53. The highest BCUT2D eigenvalue weighted by molar-refractivity contribution is 9.10. The first-order valence-electron chi connectivity index (χ1n) is 10.2. The Kier molecular flexibility index (Phi) is 7.20. The number of amides is 1. The fourth-order valence-electron chi connectivity index (χ4n) is 3.10. The molecule has 0 saturated carbocycles. The number of aliphatic carboxylic acids is 1. The first kappa shape index (κ1) is 23.4. The molecule has 0 aliphatic heterocycles. The van der Waals surface area contributed by atoms with Crippen molar-refractivity contribution in [3.8, 4) is 22.8 Å². The van der Waals surface area contributed by atoms with Gasteiger partial charge in [-0.05, 0) is 64.8 Å². The monoisotopic (exact) mass is 534 g/mol. The van der Waals surface area contributed by atoms with Crippen LogP contribution in [0.1, 0.15) is 20.9 Å². The number of rotatable bonds is 7. The van der Waals surface area contributed by atoms with Gasteiger partial charge >= 0.3 is 5.97 Å². The van der Waals surface area contributed by atoms with Crippen LogP contribution in [0.2, 0.25) is 0 Å². The van der Waals surface area contributed by atoms with Crippen molar-refractivity contribution in [1.82, 2.24) is 10.3 Å². The van der Waals surface area contributed by atoms with Crippen molar-refractivity contribution in [2.24, 2.45) is 0 Å². The smallest absolute Gasteiger partial charge is 0.352 e. The van der Waals surface area contributed by atoms with Crippen molar-refractivity contribution in [2.75, 3.05) is 0 Å². The van der Waals surface area contributed by atoms with Crippen LogP contribution in [-0.4, -0.2) is 22.0 Å². The van der Waals surface area contributed by atoms with Crippen molar-refractivity contribution in [1.29, 1.82) is 0 Å². The number of ether oxygens (including phenoxy) is 1. The number of hydrogen-bond acceptors (Lipinski definition) is 5. The molecule has 0 fully saturated rings. The van der Waals surface area contributed by atoms with Crippen molar-refractivity contribution in [3.05, 3.63) is 104 Å². The summed E-state index contributed by atoms with van der Waals surface area (Å²) in [5, 5.41) is 14.0. The number of hydrogen-bond donors (Lipinski definition) is 2. The molecule has 0 unspecified atom stereocenters. The molecule has 0 aliphatic rings. The Morgan fingerprint density at radius 3 is 2.53 bits per heavy atom. The second-order valence-corrected chi connectivity index (χ2v) is 9.04. The third-order valence-electron chi connectivity index (χ3n) is 4.75. The Balaban J connectivity index is 1.48. The molecule has 0 atom stereocenters. The Labute approximate surface area is 208 Å². The van der Waals surface area contributed by atoms with Crippen molar-refractivity contribution >= 4 is 45.2 Å². The minimum atomic E-state index is -1.25. The van der Waals surface area contributed by atoms with Crippen molar-refractivity contribution < 1.29 is 19.4 Å². The Morgan fingerprint density at radius 2 is 1.82 bits per heavy atom. The Hall–Kier alpha value is -3.75. The number of carbonyl (C=O) groups is 2. The van der Waals surface area contributed by atoms with Gasteiger partial charge in [0.1, 0.15) is 17.2 Å². The summed E-state index contributed by atoms with van der Waals surface area (Å²) in [6, 6.07) is 22.1. The van der Waals surface area contributed by atoms with E-state index < -0.39 is 11.9 Å². The number of aryl methyl sites for hydroxylation is 1. The van der Waals surface area contributed by atoms with E-state index in [1.54, 1.807) is 29.6 Å². The molecule has 34 heavy (non-hydrogen) atoms. The average Bonchev–Trinajstić information content (AvgIpc) is 3.32. The third-order valence-corrected chi connectivity index (χ3v) is 6.24. The number of aromatic nitrogens is 1. The van der Waals surface area contributed by atoms with E-state index in [0.29, 0.717) is 22.8 Å². The zero-order chi connectivity index (χ0) is 24.1. The molecule has 1 heterocycles. The molecule has 8 heteroatoms. The zero-order valence-electron chi connectivity index (χ0n) is 18.0. The maximum absolute atomic E-state index is 12.7. The van der Waals surface area contributed by atoms with Crippen LogP contribution >= 0.6 is 27.3 Å². The first-order chi connectivity index (χ1) is 16.4. The fraction of sp³-hybridized carbons (Fsp3) is 0.0385. The summed E-state index contributed by atoms with van der Waals surface area (Å²) >= 11 is 4.59. The molecule has 4 rings (SSSR count). The van der Waals surface area contributed by atoms with Gasteiger partial charge in [0.05, 0.1) is 10.2 Å². The summed E-state index contributed by atoms with van der Waals surface area (Å²) in [4.78, 5) is 28.8. The highest BCUT2D eigenvalue weighted by Gasteiger charge is 2.17. The van der Waals surface area contributed by atoms with E-state index >= 15 is 0 Å². The van der Waals surface area contributed by atoms with Crippen LogP contribution in [-0.2, 0) is 4.79 Å². The topological polar surface area (TPSA) is 88.5 Å². The number of nitrogens with zero attached hydrogens (tertiary/aromatic N) is 1. The molecule has 6 nitrogen and oxygen atoms in total. The van der Waals surface area contributed by atoms with Gasteiger partial charge in [-0.15, -0.1) is 11.3 Å². The van der Waals surface area contributed by atoms with Gasteiger partial charge in [-0.1, -0.05) is 48.0 Å². The van der Waals surface area contributed by atoms with Gasteiger partial charge in [0.15, 0.2) is 5.01 Å². The van der Waals surface area contributed by atoms with Gasteiger partial charge in [0, 0.05) is 10.9 Å². The second-order valence-electron chi connectivity index (χ2n) is 7.33. The molecule has 0 radical (unpaired) electrons. The highest BCUT2D eigenvalue weighted by Crippen LogP contribution is 2.29. The lowest BCUT2D eigenvalue weighted by atomic mass is 10.1. The summed E-state index contributed by atoms with van der Waals surface area (Å²) in [6.45, 7) is 1.98. The summed E-state index contributed by atoms with van der Waals surface area (Å²) < 4.78 is 6.65. The van der Waals surface area contributed by atoms with Gasteiger partial charge in [-0.2, -0.15) is 0 Å².